The van der Waals surface area contributed by atoms with Gasteiger partial charge in [0.25, 0.3) is 0 Å². The number of nitrogens with zero attached hydrogens (tertiary/aromatic N) is 1. The summed E-state index contributed by atoms with van der Waals surface area (Å²) in [5.74, 6) is -0.969. The number of carbonyl (C=O) groups is 2. The molecule has 3 unspecified atom stereocenters. The van der Waals surface area contributed by atoms with Crippen LogP contribution in [0.4, 0.5) is 0 Å². The molecule has 2 amide bonds. The first-order valence-electron chi connectivity index (χ1n) is 6.52. The first-order chi connectivity index (χ1) is 8.93. The normalized spacial score (nSPS) is 24.9. The molecule has 0 spiro atoms. The average molecular weight is 261 g/mol. The highest BCUT2D eigenvalue weighted by Gasteiger charge is 2.42. The van der Waals surface area contributed by atoms with Gasteiger partial charge in [0.15, 0.2) is 0 Å². The number of hydrogen-bond acceptors (Lipinski definition) is 3. The van der Waals surface area contributed by atoms with Gasteiger partial charge < -0.3 is 5.11 Å². The van der Waals surface area contributed by atoms with Crippen LogP contribution in [0.1, 0.15) is 31.1 Å². The highest BCUT2D eigenvalue weighted by atomic mass is 16.3. The summed E-state index contributed by atoms with van der Waals surface area (Å²) in [6, 6.07) is 7.45. The molecule has 4 nitrogen and oxygen atoms in total. The lowest BCUT2D eigenvalue weighted by Crippen LogP contribution is -2.35. The summed E-state index contributed by atoms with van der Waals surface area (Å²) in [7, 11) is 0. The lowest BCUT2D eigenvalue weighted by Gasteiger charge is -2.20. The molecule has 0 saturated carbocycles. The second kappa shape index (κ2) is 5.13. The molecule has 3 atom stereocenters. The molecule has 1 saturated heterocycles. The van der Waals surface area contributed by atoms with Crippen LogP contribution in [0, 0.1) is 18.8 Å². The summed E-state index contributed by atoms with van der Waals surface area (Å²) < 4.78 is 0. The van der Waals surface area contributed by atoms with Crippen LogP contribution in [0.5, 0.6) is 0 Å². The van der Waals surface area contributed by atoms with Crippen LogP contribution in [0.25, 0.3) is 0 Å². The van der Waals surface area contributed by atoms with Gasteiger partial charge in [0.05, 0.1) is 12.6 Å². The zero-order valence-corrected chi connectivity index (χ0v) is 11.5. The summed E-state index contributed by atoms with van der Waals surface area (Å²) >= 11 is 0. The fraction of sp³-hybridized carbons (Fsp3) is 0.467. The number of amides is 2. The van der Waals surface area contributed by atoms with Gasteiger partial charge in [0.2, 0.25) is 11.8 Å². The summed E-state index contributed by atoms with van der Waals surface area (Å²) in [5, 5.41) is 10.2. The molecule has 4 heteroatoms. The fourth-order valence-electron chi connectivity index (χ4n) is 2.44. The van der Waals surface area contributed by atoms with Crippen LogP contribution in [0.3, 0.4) is 0 Å². The molecule has 1 aliphatic rings. The Labute approximate surface area is 113 Å². The monoisotopic (exact) mass is 261 g/mol. The Morgan fingerprint density at radius 2 is 1.68 bits per heavy atom. The third-order valence-corrected chi connectivity index (χ3v) is 3.96. The molecule has 0 radical (unpaired) electrons. The van der Waals surface area contributed by atoms with Gasteiger partial charge in [-0.1, -0.05) is 38.1 Å². The van der Waals surface area contributed by atoms with Crippen molar-refractivity contribution < 1.29 is 14.7 Å². The number of aliphatic hydroxyl groups excluding tert-OH is 1. The number of aliphatic hydroxyl groups is 1. The number of carbonyl (C=O) groups excluding carboxylic acids is 2. The zero-order valence-electron chi connectivity index (χ0n) is 11.5. The Morgan fingerprint density at radius 3 is 2.21 bits per heavy atom. The van der Waals surface area contributed by atoms with Crippen molar-refractivity contribution in [2.24, 2.45) is 11.8 Å². The van der Waals surface area contributed by atoms with Crippen LogP contribution >= 0.6 is 0 Å². The molecule has 1 fully saturated rings. The third kappa shape index (κ3) is 2.40. The van der Waals surface area contributed by atoms with E-state index in [2.05, 4.69) is 0 Å². The number of benzene rings is 1. The maximum absolute atomic E-state index is 12.0. The minimum Gasteiger partial charge on any atom is -0.387 e. The number of aryl methyl sites for hydroxylation is 1. The number of imide groups is 1. The minimum absolute atomic E-state index is 0.0389. The molecule has 1 heterocycles. The standard InChI is InChI=1S/C15H19NO3/c1-9-6-4-5-7-12(9)13(17)8-16-14(18)10(2)11(3)15(16)19/h4-7,10-11,13,17H,8H2,1-3H3. The quantitative estimate of drug-likeness (QED) is 0.842. The second-order valence-electron chi connectivity index (χ2n) is 5.24. The first-order valence-corrected chi connectivity index (χ1v) is 6.52. The second-order valence-corrected chi connectivity index (χ2v) is 5.24. The summed E-state index contributed by atoms with van der Waals surface area (Å²) in [6.45, 7) is 5.45. The van der Waals surface area contributed by atoms with Crippen molar-refractivity contribution in [3.8, 4) is 0 Å². The maximum atomic E-state index is 12.0. The van der Waals surface area contributed by atoms with Gasteiger partial charge in [-0.25, -0.2) is 0 Å². The Hall–Kier alpha value is -1.68. The third-order valence-electron chi connectivity index (χ3n) is 3.96. The highest BCUT2D eigenvalue weighted by molar-refractivity contribution is 6.04. The van der Waals surface area contributed by atoms with E-state index in [-0.39, 0.29) is 30.2 Å². The van der Waals surface area contributed by atoms with Crippen molar-refractivity contribution in [2.75, 3.05) is 6.54 Å². The minimum atomic E-state index is -0.827. The van der Waals surface area contributed by atoms with E-state index < -0.39 is 6.10 Å². The van der Waals surface area contributed by atoms with Crippen molar-refractivity contribution in [3.63, 3.8) is 0 Å². The molecule has 102 valence electrons. The zero-order chi connectivity index (χ0) is 14.2. The van der Waals surface area contributed by atoms with Crippen molar-refractivity contribution in [3.05, 3.63) is 35.4 Å². The number of hydrogen-bond donors (Lipinski definition) is 1. The van der Waals surface area contributed by atoms with Gasteiger partial charge in [-0.05, 0) is 18.1 Å². The summed E-state index contributed by atoms with van der Waals surface area (Å²) in [4.78, 5) is 25.1. The number of rotatable bonds is 3. The molecular formula is C15H19NO3. The topological polar surface area (TPSA) is 57.6 Å². The highest BCUT2D eigenvalue weighted by Crippen LogP contribution is 2.28. The van der Waals surface area contributed by atoms with E-state index in [1.54, 1.807) is 13.8 Å². The van der Waals surface area contributed by atoms with Crippen molar-refractivity contribution in [1.82, 2.24) is 4.90 Å². The van der Waals surface area contributed by atoms with E-state index in [0.29, 0.717) is 0 Å². The van der Waals surface area contributed by atoms with E-state index in [1.165, 1.54) is 4.90 Å². The fourth-order valence-corrected chi connectivity index (χ4v) is 2.44. The van der Waals surface area contributed by atoms with Gasteiger partial charge in [0, 0.05) is 11.8 Å². The van der Waals surface area contributed by atoms with Gasteiger partial charge in [-0.15, -0.1) is 0 Å². The number of likely N-dealkylation sites (tertiary alicyclic amines) is 1. The molecule has 2 rings (SSSR count). The predicted octanol–water partition coefficient (Wildman–Crippen LogP) is 1.67. The average Bonchev–Trinajstić information content (AvgIpc) is 2.57. The predicted molar refractivity (Wildman–Crippen MR) is 71.2 cm³/mol. The molecule has 1 N–H and O–H groups in total. The van der Waals surface area contributed by atoms with Gasteiger partial charge in [0.1, 0.15) is 0 Å². The lowest BCUT2D eigenvalue weighted by atomic mass is 10.00. The Kier molecular flexibility index (Phi) is 3.71. The van der Waals surface area contributed by atoms with Crippen LogP contribution in [0.2, 0.25) is 0 Å². The van der Waals surface area contributed by atoms with Gasteiger partial charge in [-0.3, -0.25) is 14.5 Å². The lowest BCUT2D eigenvalue weighted by molar-refractivity contribution is -0.141. The van der Waals surface area contributed by atoms with E-state index in [4.69, 9.17) is 0 Å². The SMILES string of the molecule is Cc1ccccc1C(O)CN1C(=O)C(C)C(C)C1=O. The van der Waals surface area contributed by atoms with E-state index in [9.17, 15) is 14.7 Å². The molecule has 19 heavy (non-hydrogen) atoms. The van der Waals surface area contributed by atoms with Crippen molar-refractivity contribution >= 4 is 11.8 Å². The van der Waals surface area contributed by atoms with Crippen LogP contribution < -0.4 is 0 Å². The van der Waals surface area contributed by atoms with Gasteiger partial charge in [-0.2, -0.15) is 0 Å². The van der Waals surface area contributed by atoms with E-state index in [0.717, 1.165) is 11.1 Å². The summed E-state index contributed by atoms with van der Waals surface area (Å²) in [6.07, 6.45) is -0.827. The molecule has 0 aromatic heterocycles. The van der Waals surface area contributed by atoms with E-state index in [1.807, 2.05) is 31.2 Å². The van der Waals surface area contributed by atoms with Crippen molar-refractivity contribution in [1.29, 1.82) is 0 Å². The molecule has 0 bridgehead atoms. The molecule has 1 aromatic carbocycles. The van der Waals surface area contributed by atoms with Crippen molar-refractivity contribution in [2.45, 2.75) is 26.9 Å². The Bertz CT molecular complexity index is 492. The molecular weight excluding hydrogens is 242 g/mol. The smallest absolute Gasteiger partial charge is 0.232 e. The van der Waals surface area contributed by atoms with Gasteiger partial charge >= 0.3 is 0 Å². The molecule has 1 aliphatic heterocycles. The largest absolute Gasteiger partial charge is 0.387 e. The Balaban J connectivity index is 2.16. The molecule has 1 aromatic rings. The molecule has 0 aliphatic carbocycles. The number of β-amino-alcohol motifs (C(OH)–C–C–N with tert-alkyl or cyclic N) is 1. The van der Waals surface area contributed by atoms with Crippen LogP contribution in [0.15, 0.2) is 24.3 Å². The van der Waals surface area contributed by atoms with Crippen LogP contribution in [-0.4, -0.2) is 28.4 Å². The van der Waals surface area contributed by atoms with E-state index >= 15 is 0 Å². The maximum Gasteiger partial charge on any atom is 0.232 e. The Morgan fingerprint density at radius 1 is 1.16 bits per heavy atom. The first kappa shape index (κ1) is 13.7. The summed E-state index contributed by atoms with van der Waals surface area (Å²) in [5.41, 5.74) is 1.71. The van der Waals surface area contributed by atoms with Crippen LogP contribution in [-0.2, 0) is 9.59 Å².